The summed E-state index contributed by atoms with van der Waals surface area (Å²) in [7, 11) is 0. The number of carbonyl (C=O) groups is 2. The van der Waals surface area contributed by atoms with Crippen LogP contribution < -0.4 is 10.1 Å². The normalized spacial score (nSPS) is 14.2. The van der Waals surface area contributed by atoms with Gasteiger partial charge in [0.25, 0.3) is 0 Å². The molecule has 1 amide bonds. The number of amides is 1. The van der Waals surface area contributed by atoms with Gasteiger partial charge in [-0.05, 0) is 30.9 Å². The van der Waals surface area contributed by atoms with E-state index in [1.807, 2.05) is 0 Å². The molecule has 0 aliphatic heterocycles. The van der Waals surface area contributed by atoms with Crippen LogP contribution >= 0.6 is 0 Å². The molecule has 0 unspecified atom stereocenters. The highest BCUT2D eigenvalue weighted by Crippen LogP contribution is 2.32. The fourth-order valence-corrected chi connectivity index (χ4v) is 1.57. The molecule has 0 saturated heterocycles. The van der Waals surface area contributed by atoms with E-state index < -0.39 is 0 Å². The number of para-hydroxylation sites is 1. The van der Waals surface area contributed by atoms with E-state index in [1.54, 1.807) is 18.2 Å². The van der Waals surface area contributed by atoms with Gasteiger partial charge in [-0.2, -0.15) is 0 Å². The summed E-state index contributed by atoms with van der Waals surface area (Å²) in [5.74, 6) is 0.979. The summed E-state index contributed by atoms with van der Waals surface area (Å²) in [6.07, 6.45) is 3.11. The Hall–Kier alpha value is -1.84. The lowest BCUT2D eigenvalue weighted by molar-refractivity contribution is -0.114. The van der Waals surface area contributed by atoms with E-state index in [0.717, 1.165) is 6.29 Å². The fourth-order valence-electron chi connectivity index (χ4n) is 1.57. The van der Waals surface area contributed by atoms with Crippen molar-refractivity contribution in [2.75, 3.05) is 11.9 Å². The van der Waals surface area contributed by atoms with Crippen molar-refractivity contribution in [1.82, 2.24) is 0 Å². The molecular weight excluding hydrogens is 218 g/mol. The van der Waals surface area contributed by atoms with Crippen molar-refractivity contribution in [2.24, 2.45) is 5.92 Å². The maximum absolute atomic E-state index is 11.1. The molecule has 17 heavy (non-hydrogen) atoms. The van der Waals surface area contributed by atoms with Gasteiger partial charge in [0.05, 0.1) is 12.3 Å². The molecule has 4 heteroatoms. The molecule has 1 aliphatic carbocycles. The van der Waals surface area contributed by atoms with Crippen molar-refractivity contribution in [3.05, 3.63) is 23.8 Å². The van der Waals surface area contributed by atoms with E-state index in [9.17, 15) is 9.59 Å². The van der Waals surface area contributed by atoms with Gasteiger partial charge in [0.2, 0.25) is 5.91 Å². The molecular formula is C13H15NO3. The SMILES string of the molecule is CC(=O)Nc1c(C=O)cccc1OCC1CC1. The van der Waals surface area contributed by atoms with Crippen LogP contribution in [0.3, 0.4) is 0 Å². The minimum Gasteiger partial charge on any atom is -0.491 e. The van der Waals surface area contributed by atoms with Crippen LogP contribution in [0.25, 0.3) is 0 Å². The topological polar surface area (TPSA) is 55.4 Å². The quantitative estimate of drug-likeness (QED) is 0.793. The van der Waals surface area contributed by atoms with Gasteiger partial charge in [-0.25, -0.2) is 0 Å². The zero-order valence-electron chi connectivity index (χ0n) is 9.73. The maximum Gasteiger partial charge on any atom is 0.221 e. The third-order valence-corrected chi connectivity index (χ3v) is 2.66. The molecule has 1 saturated carbocycles. The smallest absolute Gasteiger partial charge is 0.221 e. The second-order valence-electron chi connectivity index (χ2n) is 4.27. The van der Waals surface area contributed by atoms with Crippen LogP contribution in [-0.2, 0) is 4.79 Å². The predicted molar refractivity (Wildman–Crippen MR) is 64.4 cm³/mol. The summed E-state index contributed by atoms with van der Waals surface area (Å²) < 4.78 is 5.63. The number of anilines is 1. The van der Waals surface area contributed by atoms with Crippen LogP contribution in [-0.4, -0.2) is 18.8 Å². The Kier molecular flexibility index (Phi) is 3.42. The van der Waals surface area contributed by atoms with Gasteiger partial charge in [0.1, 0.15) is 5.75 Å². The van der Waals surface area contributed by atoms with E-state index in [4.69, 9.17) is 4.74 Å². The summed E-state index contributed by atoms with van der Waals surface area (Å²) in [6, 6.07) is 5.17. The van der Waals surface area contributed by atoms with Gasteiger partial charge < -0.3 is 10.1 Å². The van der Waals surface area contributed by atoms with Gasteiger partial charge >= 0.3 is 0 Å². The summed E-state index contributed by atoms with van der Waals surface area (Å²) in [5.41, 5.74) is 0.907. The first-order valence-electron chi connectivity index (χ1n) is 5.69. The third-order valence-electron chi connectivity index (χ3n) is 2.66. The molecule has 1 aromatic rings. The third kappa shape index (κ3) is 3.06. The molecule has 1 aromatic carbocycles. The van der Waals surface area contributed by atoms with Crippen LogP contribution in [0.1, 0.15) is 30.1 Å². The van der Waals surface area contributed by atoms with E-state index in [0.29, 0.717) is 29.5 Å². The van der Waals surface area contributed by atoms with Crippen molar-refractivity contribution >= 4 is 17.9 Å². The van der Waals surface area contributed by atoms with E-state index >= 15 is 0 Å². The lowest BCUT2D eigenvalue weighted by Crippen LogP contribution is -2.11. The minimum absolute atomic E-state index is 0.212. The molecule has 4 nitrogen and oxygen atoms in total. The Bertz CT molecular complexity index is 438. The summed E-state index contributed by atoms with van der Waals surface area (Å²) in [5, 5.41) is 2.64. The predicted octanol–water partition coefficient (Wildman–Crippen LogP) is 2.25. The number of rotatable bonds is 5. The monoisotopic (exact) mass is 233 g/mol. The molecule has 2 rings (SSSR count). The number of nitrogens with one attached hydrogen (secondary N) is 1. The van der Waals surface area contributed by atoms with Crippen LogP contribution in [0.5, 0.6) is 5.75 Å². The van der Waals surface area contributed by atoms with Crippen molar-refractivity contribution in [2.45, 2.75) is 19.8 Å². The molecule has 0 radical (unpaired) electrons. The molecule has 0 aromatic heterocycles. The molecule has 90 valence electrons. The highest BCUT2D eigenvalue weighted by Gasteiger charge is 2.22. The fraction of sp³-hybridized carbons (Fsp3) is 0.385. The van der Waals surface area contributed by atoms with Crippen LogP contribution in [0.15, 0.2) is 18.2 Å². The van der Waals surface area contributed by atoms with Crippen molar-refractivity contribution in [3.63, 3.8) is 0 Å². The van der Waals surface area contributed by atoms with E-state index in [-0.39, 0.29) is 5.91 Å². The van der Waals surface area contributed by atoms with Crippen LogP contribution in [0.4, 0.5) is 5.69 Å². The van der Waals surface area contributed by atoms with Crippen molar-refractivity contribution < 1.29 is 14.3 Å². The molecule has 0 spiro atoms. The first-order chi connectivity index (χ1) is 8.20. The second kappa shape index (κ2) is 4.99. The average molecular weight is 233 g/mol. The van der Waals surface area contributed by atoms with E-state index in [1.165, 1.54) is 19.8 Å². The lowest BCUT2D eigenvalue weighted by atomic mass is 10.1. The van der Waals surface area contributed by atoms with Crippen LogP contribution in [0.2, 0.25) is 0 Å². The minimum atomic E-state index is -0.212. The number of hydrogen-bond donors (Lipinski definition) is 1. The number of hydrogen-bond acceptors (Lipinski definition) is 3. The molecule has 1 N–H and O–H groups in total. The van der Waals surface area contributed by atoms with E-state index in [2.05, 4.69) is 5.32 Å². The van der Waals surface area contributed by atoms with Crippen LogP contribution in [0, 0.1) is 5.92 Å². The highest BCUT2D eigenvalue weighted by molar-refractivity contribution is 5.97. The maximum atomic E-state index is 11.1. The zero-order valence-corrected chi connectivity index (χ0v) is 9.73. The van der Waals surface area contributed by atoms with Gasteiger partial charge in [0, 0.05) is 12.5 Å². The Morgan fingerprint density at radius 2 is 2.29 bits per heavy atom. The number of benzene rings is 1. The van der Waals surface area contributed by atoms with Crippen molar-refractivity contribution in [3.8, 4) is 5.75 Å². The average Bonchev–Trinajstić information content (AvgIpc) is 3.10. The first-order valence-corrected chi connectivity index (χ1v) is 5.69. The lowest BCUT2D eigenvalue weighted by Gasteiger charge is -2.13. The zero-order chi connectivity index (χ0) is 12.3. The Morgan fingerprint density at radius 1 is 1.53 bits per heavy atom. The number of carbonyl (C=O) groups excluding carboxylic acids is 2. The van der Waals surface area contributed by atoms with Gasteiger partial charge in [-0.15, -0.1) is 0 Å². The standard InChI is InChI=1S/C13H15NO3/c1-9(16)14-13-11(7-15)3-2-4-12(13)17-8-10-5-6-10/h2-4,7,10H,5-6,8H2,1H3,(H,14,16). The van der Waals surface area contributed by atoms with Gasteiger partial charge in [-0.3, -0.25) is 9.59 Å². The highest BCUT2D eigenvalue weighted by atomic mass is 16.5. The molecule has 1 fully saturated rings. The first kappa shape index (κ1) is 11.6. The van der Waals surface area contributed by atoms with Crippen molar-refractivity contribution in [1.29, 1.82) is 0 Å². The Balaban J connectivity index is 2.20. The van der Waals surface area contributed by atoms with Gasteiger partial charge in [-0.1, -0.05) is 6.07 Å². The molecule has 0 atom stereocenters. The summed E-state index contributed by atoms with van der Waals surface area (Å²) in [6.45, 7) is 2.06. The number of ether oxygens (including phenoxy) is 1. The Morgan fingerprint density at radius 3 is 2.88 bits per heavy atom. The molecule has 0 heterocycles. The summed E-state index contributed by atoms with van der Waals surface area (Å²) in [4.78, 5) is 22.0. The second-order valence-corrected chi connectivity index (χ2v) is 4.27. The Labute approximate surface area is 100.0 Å². The van der Waals surface area contributed by atoms with Gasteiger partial charge in [0.15, 0.2) is 6.29 Å². The number of aldehydes is 1. The summed E-state index contributed by atoms with van der Waals surface area (Å²) >= 11 is 0. The molecule has 1 aliphatic rings. The largest absolute Gasteiger partial charge is 0.491 e. The molecule has 0 bridgehead atoms.